The summed E-state index contributed by atoms with van der Waals surface area (Å²) in [4.78, 5) is 33.5. The van der Waals surface area contributed by atoms with Crippen molar-refractivity contribution in [3.05, 3.63) is 0 Å². The van der Waals surface area contributed by atoms with Crippen molar-refractivity contribution in [3.63, 3.8) is 0 Å². The van der Waals surface area contributed by atoms with Crippen LogP contribution in [-0.2, 0) is 14.3 Å². The molecule has 0 aromatic heterocycles. The van der Waals surface area contributed by atoms with Gasteiger partial charge in [-0.15, -0.1) is 11.8 Å². The molecule has 0 rings (SSSR count). The number of hydrogen-bond donors (Lipinski definition) is 2. The molecule has 0 saturated heterocycles. The van der Waals surface area contributed by atoms with Gasteiger partial charge in [-0.05, 0) is 20.8 Å². The number of thioether (sulfide) groups is 1. The minimum Gasteiger partial charge on any atom is -0.465 e. The van der Waals surface area contributed by atoms with Crippen molar-refractivity contribution in [1.29, 1.82) is 0 Å². The second-order valence-electron chi connectivity index (χ2n) is 3.11. The lowest BCUT2D eigenvalue weighted by Crippen LogP contribution is -2.42. The number of carbonyl (C=O) groups excluding carboxylic acids is 3. The summed E-state index contributed by atoms with van der Waals surface area (Å²) in [6.45, 7) is 5.86. The van der Waals surface area contributed by atoms with E-state index in [1.807, 2.05) is 0 Å². The monoisotopic (exact) mass is 262 g/mol. The van der Waals surface area contributed by atoms with E-state index >= 15 is 0 Å². The Kier molecular flexibility index (Phi) is 8.21. The zero-order valence-corrected chi connectivity index (χ0v) is 11.1. The molecule has 0 fully saturated rings. The molecule has 98 valence electrons. The molecule has 0 bridgehead atoms. The summed E-state index contributed by atoms with van der Waals surface area (Å²) in [5.41, 5.74) is 0. The summed E-state index contributed by atoms with van der Waals surface area (Å²) in [6.07, 6.45) is 0. The Morgan fingerprint density at radius 3 is 2.47 bits per heavy atom. The standard InChI is InChI=1S/C10H18N2O4S/c1-4-11-10(15)12-9(14)7(3)17-6-8(13)16-5-2/h7H,4-6H2,1-3H3,(H2,11,12,14,15)/t7-/m1/s1. The highest BCUT2D eigenvalue weighted by molar-refractivity contribution is 8.01. The molecule has 7 heteroatoms. The Bertz CT molecular complexity index is 283. The maximum atomic E-state index is 11.5. The number of nitrogens with one attached hydrogen (secondary N) is 2. The molecular weight excluding hydrogens is 244 g/mol. The molecule has 2 N–H and O–H groups in total. The van der Waals surface area contributed by atoms with Crippen LogP contribution in [0.4, 0.5) is 4.79 Å². The molecular formula is C10H18N2O4S. The van der Waals surface area contributed by atoms with Gasteiger partial charge >= 0.3 is 12.0 Å². The normalized spacial score (nSPS) is 11.5. The number of urea groups is 1. The summed E-state index contributed by atoms with van der Waals surface area (Å²) in [7, 11) is 0. The van der Waals surface area contributed by atoms with Crippen molar-refractivity contribution in [2.75, 3.05) is 18.9 Å². The van der Waals surface area contributed by atoms with Crippen LogP contribution in [0.3, 0.4) is 0 Å². The van der Waals surface area contributed by atoms with E-state index in [9.17, 15) is 14.4 Å². The highest BCUT2D eigenvalue weighted by atomic mass is 32.2. The maximum Gasteiger partial charge on any atom is 0.321 e. The Balaban J connectivity index is 3.89. The van der Waals surface area contributed by atoms with Gasteiger partial charge in [0, 0.05) is 6.54 Å². The van der Waals surface area contributed by atoms with Gasteiger partial charge in [-0.3, -0.25) is 14.9 Å². The fourth-order valence-electron chi connectivity index (χ4n) is 0.890. The summed E-state index contributed by atoms with van der Waals surface area (Å²) in [5, 5.41) is 4.13. The number of hydrogen-bond acceptors (Lipinski definition) is 5. The van der Waals surface area contributed by atoms with Crippen LogP contribution in [0.1, 0.15) is 20.8 Å². The molecule has 0 spiro atoms. The second-order valence-corrected chi connectivity index (χ2v) is 4.44. The molecule has 0 unspecified atom stereocenters. The molecule has 1 atom stereocenters. The van der Waals surface area contributed by atoms with E-state index in [-0.39, 0.29) is 11.7 Å². The van der Waals surface area contributed by atoms with Crippen molar-refractivity contribution in [2.24, 2.45) is 0 Å². The molecule has 0 heterocycles. The van der Waals surface area contributed by atoms with Crippen LogP contribution in [0, 0.1) is 0 Å². The molecule has 0 aromatic rings. The van der Waals surface area contributed by atoms with Crippen molar-refractivity contribution < 1.29 is 19.1 Å². The summed E-state index contributed by atoms with van der Waals surface area (Å²) in [6, 6.07) is -0.527. The fraction of sp³-hybridized carbons (Fsp3) is 0.700. The summed E-state index contributed by atoms with van der Waals surface area (Å²) < 4.78 is 4.72. The van der Waals surface area contributed by atoms with Gasteiger partial charge in [-0.1, -0.05) is 0 Å². The van der Waals surface area contributed by atoms with E-state index in [4.69, 9.17) is 4.74 Å². The quantitative estimate of drug-likeness (QED) is 0.682. The molecule has 0 saturated carbocycles. The van der Waals surface area contributed by atoms with E-state index in [2.05, 4.69) is 10.6 Å². The van der Waals surface area contributed by atoms with Crippen LogP contribution in [0.5, 0.6) is 0 Å². The number of ether oxygens (including phenoxy) is 1. The smallest absolute Gasteiger partial charge is 0.321 e. The first-order chi connectivity index (χ1) is 8.01. The van der Waals surface area contributed by atoms with E-state index in [1.165, 1.54) is 0 Å². The molecule has 6 nitrogen and oxygen atoms in total. The average Bonchev–Trinajstić information content (AvgIpc) is 2.26. The third-order valence-electron chi connectivity index (χ3n) is 1.70. The fourth-order valence-corrected chi connectivity index (χ4v) is 1.57. The van der Waals surface area contributed by atoms with Crippen molar-refractivity contribution in [3.8, 4) is 0 Å². The lowest BCUT2D eigenvalue weighted by atomic mass is 10.4. The van der Waals surface area contributed by atoms with Crippen LogP contribution in [0.15, 0.2) is 0 Å². The Morgan fingerprint density at radius 1 is 1.29 bits per heavy atom. The van der Waals surface area contributed by atoms with Crippen LogP contribution in [0.25, 0.3) is 0 Å². The van der Waals surface area contributed by atoms with Gasteiger partial charge in [-0.25, -0.2) is 4.79 Å². The number of carbonyl (C=O) groups is 3. The van der Waals surface area contributed by atoms with Crippen molar-refractivity contribution in [2.45, 2.75) is 26.0 Å². The Labute approximate surface area is 105 Å². The summed E-state index contributed by atoms with van der Waals surface area (Å²) >= 11 is 1.13. The number of amides is 3. The van der Waals surface area contributed by atoms with E-state index in [0.717, 1.165) is 11.8 Å². The Morgan fingerprint density at radius 2 is 1.94 bits per heavy atom. The first-order valence-electron chi connectivity index (χ1n) is 5.37. The highest BCUT2D eigenvalue weighted by Gasteiger charge is 2.17. The van der Waals surface area contributed by atoms with Crippen LogP contribution < -0.4 is 10.6 Å². The van der Waals surface area contributed by atoms with Crippen LogP contribution >= 0.6 is 11.8 Å². The molecule has 0 aliphatic rings. The average molecular weight is 262 g/mol. The lowest BCUT2D eigenvalue weighted by Gasteiger charge is -2.10. The van der Waals surface area contributed by atoms with Gasteiger partial charge in [0.15, 0.2) is 0 Å². The zero-order valence-electron chi connectivity index (χ0n) is 10.2. The third kappa shape index (κ3) is 7.62. The van der Waals surface area contributed by atoms with Crippen molar-refractivity contribution >= 4 is 29.7 Å². The minimum atomic E-state index is -0.527. The molecule has 0 aliphatic carbocycles. The van der Waals surface area contributed by atoms with Gasteiger partial charge in [-0.2, -0.15) is 0 Å². The SMILES string of the molecule is CCNC(=O)NC(=O)[C@@H](C)SCC(=O)OCC. The van der Waals surface area contributed by atoms with E-state index in [1.54, 1.807) is 20.8 Å². The summed E-state index contributed by atoms with van der Waals surface area (Å²) in [5.74, 6) is -0.696. The first-order valence-corrected chi connectivity index (χ1v) is 6.42. The highest BCUT2D eigenvalue weighted by Crippen LogP contribution is 2.10. The van der Waals surface area contributed by atoms with E-state index in [0.29, 0.717) is 13.2 Å². The largest absolute Gasteiger partial charge is 0.465 e. The molecule has 17 heavy (non-hydrogen) atoms. The third-order valence-corrected chi connectivity index (χ3v) is 2.82. The van der Waals surface area contributed by atoms with Crippen LogP contribution in [0.2, 0.25) is 0 Å². The van der Waals surface area contributed by atoms with Crippen molar-refractivity contribution in [1.82, 2.24) is 10.6 Å². The predicted molar refractivity (Wildman–Crippen MR) is 65.8 cm³/mol. The molecule has 0 radical (unpaired) electrons. The zero-order chi connectivity index (χ0) is 13.3. The van der Waals surface area contributed by atoms with E-state index < -0.39 is 17.2 Å². The minimum absolute atomic E-state index is 0.0951. The first kappa shape index (κ1) is 15.8. The molecule has 0 aromatic carbocycles. The number of esters is 1. The lowest BCUT2D eigenvalue weighted by molar-refractivity contribution is -0.139. The Hall–Kier alpha value is -1.24. The molecule has 3 amide bonds. The maximum absolute atomic E-state index is 11.5. The van der Waals surface area contributed by atoms with Crippen LogP contribution in [-0.4, -0.2) is 42.1 Å². The van der Waals surface area contributed by atoms with Gasteiger partial charge in [0.2, 0.25) is 5.91 Å². The number of imide groups is 1. The topological polar surface area (TPSA) is 84.5 Å². The van der Waals surface area contributed by atoms with Gasteiger partial charge in [0.25, 0.3) is 0 Å². The second kappa shape index (κ2) is 8.86. The van der Waals surface area contributed by atoms with Gasteiger partial charge in [0.1, 0.15) is 0 Å². The molecule has 0 aliphatic heterocycles. The number of rotatable bonds is 6. The van der Waals surface area contributed by atoms with Gasteiger partial charge in [0.05, 0.1) is 17.6 Å². The van der Waals surface area contributed by atoms with Gasteiger partial charge < -0.3 is 10.1 Å². The predicted octanol–water partition coefficient (Wildman–Crippen LogP) is 0.517.